The lowest BCUT2D eigenvalue weighted by molar-refractivity contribution is -0.123. The van der Waals surface area contributed by atoms with Gasteiger partial charge in [0.05, 0.1) is 31.1 Å². The minimum absolute atomic E-state index is 0.00901. The van der Waals surface area contributed by atoms with Gasteiger partial charge in [0.1, 0.15) is 0 Å². The van der Waals surface area contributed by atoms with Crippen LogP contribution in [0.15, 0.2) is 48.9 Å². The number of nitrogens with zero attached hydrogens (tertiary/aromatic N) is 3. The number of aliphatic hydroxyl groups is 1. The molecule has 2 aromatic heterocycles. The van der Waals surface area contributed by atoms with Gasteiger partial charge in [-0.25, -0.2) is 14.4 Å². The van der Waals surface area contributed by atoms with Crippen molar-refractivity contribution in [3.8, 4) is 17.0 Å². The number of hydrogen-bond donors (Lipinski definition) is 5. The van der Waals surface area contributed by atoms with Crippen molar-refractivity contribution in [1.29, 1.82) is 0 Å². The average molecular weight is 620 g/mol. The Kier molecular flexibility index (Phi) is 8.63. The highest BCUT2D eigenvalue weighted by Gasteiger charge is 2.31. The molecule has 2 amide bonds. The number of amides is 2. The first-order valence-electron chi connectivity index (χ1n) is 15.0. The monoisotopic (exact) mass is 619 g/mol. The molecule has 236 valence electrons. The van der Waals surface area contributed by atoms with E-state index in [2.05, 4.69) is 31.2 Å². The Hall–Kier alpha value is -4.62. The van der Waals surface area contributed by atoms with Crippen molar-refractivity contribution in [3.63, 3.8) is 0 Å². The molecule has 45 heavy (non-hydrogen) atoms. The van der Waals surface area contributed by atoms with Crippen molar-refractivity contribution in [2.75, 3.05) is 19.0 Å². The predicted octanol–water partition coefficient (Wildman–Crippen LogP) is 3.62. The molecule has 0 bridgehead atoms. The Balaban J connectivity index is 1.08. The number of carbonyl (C=O) groups is 2. The second-order valence-electron chi connectivity index (χ2n) is 11.6. The van der Waals surface area contributed by atoms with Crippen LogP contribution in [0.4, 0.5) is 20.3 Å². The number of hydrogen-bond acceptors (Lipinski definition) is 8. The van der Waals surface area contributed by atoms with Crippen molar-refractivity contribution < 1.29 is 28.2 Å². The maximum atomic E-state index is 14.8. The topological polar surface area (TPSA) is 142 Å². The lowest BCUT2D eigenvalue weighted by Gasteiger charge is -2.30. The van der Waals surface area contributed by atoms with Crippen LogP contribution in [-0.2, 0) is 4.79 Å². The zero-order chi connectivity index (χ0) is 31.7. The van der Waals surface area contributed by atoms with Gasteiger partial charge in [-0.15, -0.1) is 0 Å². The number of β-amino-alcohol motifs (C(OH)–C–C–N with tert-alkyl or cyclic N) is 1. The molecule has 0 radical (unpaired) electrons. The molecule has 5 N–H and O–H groups in total. The zero-order valence-corrected chi connectivity index (χ0v) is 24.9. The van der Waals surface area contributed by atoms with E-state index in [0.29, 0.717) is 41.4 Å². The number of methoxy groups -OCH3 is 1. The highest BCUT2D eigenvalue weighted by molar-refractivity contribution is 5.96. The standard InChI is InChI=1S/C32H35F2N7O4/c1-17-13-20(38-29-30-37-16-25(41(30)12-11-35-29)23-9-10-26(45-2)28(34)27(23)33)7-8-22(17)31(43)39-18-3-5-19(6-4-18)40-32(44)24-14-21(42)15-36-24/h7-13,16,18-19,21,24,36,42H,3-6,14-15H2,1-2H3,(H,35,38)(H,39,43)(H,40,44)/t18-,19+,21-,24+/m1/s1. The van der Waals surface area contributed by atoms with Crippen LogP contribution in [0.1, 0.15) is 48.0 Å². The van der Waals surface area contributed by atoms with Crippen molar-refractivity contribution in [1.82, 2.24) is 30.3 Å². The number of aromatic nitrogens is 3. The molecule has 11 nitrogen and oxygen atoms in total. The third kappa shape index (κ3) is 6.31. The van der Waals surface area contributed by atoms with E-state index in [1.807, 2.05) is 13.0 Å². The second-order valence-corrected chi connectivity index (χ2v) is 11.6. The average Bonchev–Trinajstić information content (AvgIpc) is 3.67. The van der Waals surface area contributed by atoms with E-state index in [1.165, 1.54) is 31.6 Å². The molecule has 2 aliphatic rings. The van der Waals surface area contributed by atoms with Crippen LogP contribution in [-0.4, -0.2) is 69.2 Å². The lowest BCUT2D eigenvalue weighted by atomic mass is 9.90. The van der Waals surface area contributed by atoms with Gasteiger partial charge in [-0.3, -0.25) is 14.0 Å². The van der Waals surface area contributed by atoms with Gasteiger partial charge in [0.15, 0.2) is 23.0 Å². The Morgan fingerprint density at radius 1 is 1.04 bits per heavy atom. The molecule has 2 fully saturated rings. The molecule has 4 aromatic rings. The van der Waals surface area contributed by atoms with Crippen molar-refractivity contribution in [3.05, 3.63) is 71.7 Å². The molecule has 13 heteroatoms. The summed E-state index contributed by atoms with van der Waals surface area (Å²) in [6.45, 7) is 2.28. The normalized spacial score (nSPS) is 21.4. The van der Waals surface area contributed by atoms with Crippen LogP contribution in [0, 0.1) is 18.6 Å². The number of carbonyl (C=O) groups excluding carboxylic acids is 2. The van der Waals surface area contributed by atoms with E-state index in [-0.39, 0.29) is 41.3 Å². The van der Waals surface area contributed by atoms with Crippen LogP contribution >= 0.6 is 0 Å². The van der Waals surface area contributed by atoms with Gasteiger partial charge >= 0.3 is 0 Å². The Morgan fingerprint density at radius 2 is 1.80 bits per heavy atom. The number of imidazole rings is 1. The molecule has 1 aliphatic carbocycles. The number of fused-ring (bicyclic) bond motifs is 1. The molecule has 2 atom stereocenters. The van der Waals surface area contributed by atoms with Crippen LogP contribution in [0.25, 0.3) is 16.9 Å². The zero-order valence-electron chi connectivity index (χ0n) is 24.9. The molecule has 3 heterocycles. The maximum Gasteiger partial charge on any atom is 0.251 e. The number of rotatable bonds is 8. The Labute approximate surface area is 258 Å². The summed E-state index contributed by atoms with van der Waals surface area (Å²) in [7, 11) is 1.27. The molecular formula is C32H35F2N7O4. The number of anilines is 2. The van der Waals surface area contributed by atoms with Crippen LogP contribution in [0.5, 0.6) is 5.75 Å². The summed E-state index contributed by atoms with van der Waals surface area (Å²) in [5.41, 5.74) is 2.77. The van der Waals surface area contributed by atoms with Gasteiger partial charge in [0, 0.05) is 47.8 Å². The molecule has 2 aromatic carbocycles. The largest absolute Gasteiger partial charge is 0.494 e. The van der Waals surface area contributed by atoms with E-state index < -0.39 is 17.7 Å². The number of aryl methyl sites for hydroxylation is 1. The first kappa shape index (κ1) is 30.4. The number of nitrogens with one attached hydrogen (secondary N) is 4. The summed E-state index contributed by atoms with van der Waals surface area (Å²) >= 11 is 0. The second kappa shape index (κ2) is 12.8. The summed E-state index contributed by atoms with van der Waals surface area (Å²) in [5.74, 6) is -2.14. The number of halogens is 2. The van der Waals surface area contributed by atoms with Crippen LogP contribution in [0.2, 0.25) is 0 Å². The third-order valence-electron chi connectivity index (χ3n) is 8.54. The fraction of sp³-hybridized carbons (Fsp3) is 0.375. The number of ether oxygens (including phenoxy) is 1. The van der Waals surface area contributed by atoms with Gasteiger partial charge < -0.3 is 31.1 Å². The quantitative estimate of drug-likeness (QED) is 0.202. The molecule has 0 unspecified atom stereocenters. The first-order chi connectivity index (χ1) is 21.7. The molecule has 0 spiro atoms. The van der Waals surface area contributed by atoms with E-state index in [0.717, 1.165) is 31.2 Å². The fourth-order valence-electron chi connectivity index (χ4n) is 6.09. The van der Waals surface area contributed by atoms with E-state index in [4.69, 9.17) is 4.74 Å². The first-order valence-corrected chi connectivity index (χ1v) is 15.0. The number of aliphatic hydroxyl groups excluding tert-OH is 1. The van der Waals surface area contributed by atoms with Crippen LogP contribution < -0.4 is 26.0 Å². The van der Waals surface area contributed by atoms with E-state index >= 15 is 0 Å². The smallest absolute Gasteiger partial charge is 0.251 e. The fourth-order valence-corrected chi connectivity index (χ4v) is 6.09. The molecule has 1 saturated carbocycles. The SMILES string of the molecule is COc1ccc(-c2cnc3c(Nc4ccc(C(=O)N[C@H]5CC[C@@H](NC(=O)[C@@H]6C[C@@H](O)CN6)CC5)c(C)c4)nccn23)c(F)c1F. The summed E-state index contributed by atoms with van der Waals surface area (Å²) in [5, 5.41) is 22.1. The molecule has 6 rings (SSSR count). The van der Waals surface area contributed by atoms with E-state index in [9.17, 15) is 23.5 Å². The van der Waals surface area contributed by atoms with E-state index in [1.54, 1.807) is 22.7 Å². The predicted molar refractivity (Wildman–Crippen MR) is 163 cm³/mol. The lowest BCUT2D eigenvalue weighted by Crippen LogP contribution is -2.48. The van der Waals surface area contributed by atoms with Crippen molar-refractivity contribution in [2.24, 2.45) is 0 Å². The molecule has 1 aliphatic heterocycles. The van der Waals surface area contributed by atoms with Gasteiger partial charge in [0.25, 0.3) is 5.91 Å². The van der Waals surface area contributed by atoms with Crippen molar-refractivity contribution in [2.45, 2.75) is 63.3 Å². The summed E-state index contributed by atoms with van der Waals surface area (Å²) in [6, 6.07) is 7.86. The highest BCUT2D eigenvalue weighted by atomic mass is 19.2. The number of benzene rings is 2. The van der Waals surface area contributed by atoms with Gasteiger partial charge in [-0.2, -0.15) is 4.39 Å². The minimum Gasteiger partial charge on any atom is -0.494 e. The van der Waals surface area contributed by atoms with Gasteiger partial charge in [-0.05, 0) is 74.9 Å². The van der Waals surface area contributed by atoms with Crippen molar-refractivity contribution >= 4 is 29.0 Å². The van der Waals surface area contributed by atoms with Crippen LogP contribution in [0.3, 0.4) is 0 Å². The summed E-state index contributed by atoms with van der Waals surface area (Å²) in [6.07, 6.45) is 7.58. The Bertz CT molecular complexity index is 1740. The van der Waals surface area contributed by atoms with Gasteiger partial charge in [-0.1, -0.05) is 0 Å². The summed E-state index contributed by atoms with van der Waals surface area (Å²) < 4.78 is 35.7. The third-order valence-corrected chi connectivity index (χ3v) is 8.54. The maximum absolute atomic E-state index is 14.8. The highest BCUT2D eigenvalue weighted by Crippen LogP contribution is 2.32. The summed E-state index contributed by atoms with van der Waals surface area (Å²) in [4.78, 5) is 34.4. The minimum atomic E-state index is -1.08. The van der Waals surface area contributed by atoms with Gasteiger partial charge in [0.2, 0.25) is 11.7 Å². The molecule has 1 saturated heterocycles. The molecular weight excluding hydrogens is 584 g/mol. The Morgan fingerprint density at radius 3 is 2.49 bits per heavy atom.